The van der Waals surface area contributed by atoms with E-state index < -0.39 is 15.8 Å². The van der Waals surface area contributed by atoms with Gasteiger partial charge in [-0.3, -0.25) is 4.31 Å². The molecule has 6 heteroatoms. The van der Waals surface area contributed by atoms with Crippen LogP contribution in [0.5, 0.6) is 0 Å². The predicted octanol–water partition coefficient (Wildman–Crippen LogP) is 2.32. The molecule has 0 fully saturated rings. The Morgan fingerprint density at radius 3 is 2.38 bits per heavy atom. The van der Waals surface area contributed by atoms with E-state index in [-0.39, 0.29) is 18.0 Å². The Bertz CT molecular complexity index is 717. The third-order valence-electron chi connectivity index (χ3n) is 3.08. The third kappa shape index (κ3) is 3.22. The van der Waals surface area contributed by atoms with Crippen LogP contribution in [0.3, 0.4) is 0 Å². The smallest absolute Gasteiger partial charge is 0.264 e. The molecule has 1 N–H and O–H groups in total. The van der Waals surface area contributed by atoms with Gasteiger partial charge in [-0.2, -0.15) is 0 Å². The van der Waals surface area contributed by atoms with Crippen LogP contribution in [-0.2, 0) is 10.0 Å². The van der Waals surface area contributed by atoms with E-state index in [2.05, 4.69) is 0 Å². The van der Waals surface area contributed by atoms with Crippen molar-refractivity contribution in [3.05, 3.63) is 59.9 Å². The van der Waals surface area contributed by atoms with E-state index in [1.165, 1.54) is 12.1 Å². The van der Waals surface area contributed by atoms with Crippen molar-refractivity contribution < 1.29 is 17.9 Å². The molecule has 4 nitrogen and oxygen atoms in total. The molecule has 0 bridgehead atoms. The van der Waals surface area contributed by atoms with Crippen LogP contribution in [0.1, 0.15) is 5.56 Å². The number of rotatable bonds is 5. The number of hydrogen-bond acceptors (Lipinski definition) is 3. The highest BCUT2D eigenvalue weighted by Gasteiger charge is 2.25. The molecule has 0 spiro atoms. The number of aliphatic hydroxyl groups excluding tert-OH is 1. The van der Waals surface area contributed by atoms with Gasteiger partial charge in [-0.1, -0.05) is 24.3 Å². The summed E-state index contributed by atoms with van der Waals surface area (Å²) >= 11 is 0. The molecular formula is C15H16FNO3S. The lowest BCUT2D eigenvalue weighted by Crippen LogP contribution is -2.33. The minimum Gasteiger partial charge on any atom is -0.394 e. The van der Waals surface area contributed by atoms with Crippen LogP contribution in [0.25, 0.3) is 0 Å². The van der Waals surface area contributed by atoms with E-state index in [4.69, 9.17) is 5.11 Å². The molecule has 0 radical (unpaired) electrons. The van der Waals surface area contributed by atoms with Gasteiger partial charge in [-0.05, 0) is 36.8 Å². The fraction of sp³-hybridized carbons (Fsp3) is 0.200. The van der Waals surface area contributed by atoms with Gasteiger partial charge in [0.1, 0.15) is 5.82 Å². The monoisotopic (exact) mass is 309 g/mol. The summed E-state index contributed by atoms with van der Waals surface area (Å²) < 4.78 is 40.0. The van der Waals surface area contributed by atoms with Crippen molar-refractivity contribution in [2.75, 3.05) is 17.5 Å². The lowest BCUT2D eigenvalue weighted by atomic mass is 10.2. The fourth-order valence-electron chi connectivity index (χ4n) is 1.93. The van der Waals surface area contributed by atoms with Crippen LogP contribution >= 0.6 is 0 Å². The fourth-order valence-corrected chi connectivity index (χ4v) is 3.40. The number of para-hydroxylation sites is 1. The molecule has 0 aliphatic heterocycles. The SMILES string of the molecule is Cc1ccc(S(=O)(=O)N(CCO)c2ccccc2)cc1F. The maximum absolute atomic E-state index is 13.6. The standard InChI is InChI=1S/C15H16FNO3S/c1-12-7-8-14(11-15(12)16)21(19,20)17(9-10-18)13-5-3-2-4-6-13/h2-8,11,18H,9-10H2,1H3. The number of anilines is 1. The van der Waals surface area contributed by atoms with E-state index >= 15 is 0 Å². The first kappa shape index (κ1) is 15.5. The van der Waals surface area contributed by atoms with Gasteiger partial charge in [0.15, 0.2) is 0 Å². The zero-order valence-corrected chi connectivity index (χ0v) is 12.3. The average Bonchev–Trinajstić information content (AvgIpc) is 2.48. The lowest BCUT2D eigenvalue weighted by Gasteiger charge is -2.23. The van der Waals surface area contributed by atoms with Crippen molar-refractivity contribution in [3.8, 4) is 0 Å². The topological polar surface area (TPSA) is 57.6 Å². The Labute approximate surface area is 123 Å². The molecule has 2 rings (SSSR count). The lowest BCUT2D eigenvalue weighted by molar-refractivity contribution is 0.306. The van der Waals surface area contributed by atoms with Gasteiger partial charge in [-0.15, -0.1) is 0 Å². The van der Waals surface area contributed by atoms with Crippen LogP contribution in [0.2, 0.25) is 0 Å². The summed E-state index contributed by atoms with van der Waals surface area (Å²) in [4.78, 5) is -0.136. The average molecular weight is 309 g/mol. The summed E-state index contributed by atoms with van der Waals surface area (Å²) in [6.07, 6.45) is 0. The molecule has 112 valence electrons. The Morgan fingerprint density at radius 1 is 1.14 bits per heavy atom. The molecule has 0 heterocycles. The molecule has 0 saturated carbocycles. The number of benzene rings is 2. The molecule has 21 heavy (non-hydrogen) atoms. The molecular weight excluding hydrogens is 293 g/mol. The normalized spacial score (nSPS) is 11.4. The van der Waals surface area contributed by atoms with E-state index in [0.29, 0.717) is 11.3 Å². The Balaban J connectivity index is 2.50. The van der Waals surface area contributed by atoms with E-state index in [1.54, 1.807) is 37.3 Å². The quantitative estimate of drug-likeness (QED) is 0.922. The summed E-state index contributed by atoms with van der Waals surface area (Å²) in [5.41, 5.74) is 0.801. The number of nitrogens with zero attached hydrogens (tertiary/aromatic N) is 1. The van der Waals surface area contributed by atoms with Gasteiger partial charge in [0, 0.05) is 0 Å². The van der Waals surface area contributed by atoms with Crippen molar-refractivity contribution in [3.63, 3.8) is 0 Å². The molecule has 0 unspecified atom stereocenters. The molecule has 0 aliphatic rings. The van der Waals surface area contributed by atoms with E-state index in [0.717, 1.165) is 10.4 Å². The predicted molar refractivity (Wildman–Crippen MR) is 79.2 cm³/mol. The van der Waals surface area contributed by atoms with Gasteiger partial charge in [-0.25, -0.2) is 12.8 Å². The minimum atomic E-state index is -3.92. The summed E-state index contributed by atoms with van der Waals surface area (Å²) in [5, 5.41) is 9.13. The Kier molecular flexibility index (Phi) is 4.59. The zero-order valence-electron chi connectivity index (χ0n) is 11.5. The van der Waals surface area contributed by atoms with Crippen molar-refractivity contribution >= 4 is 15.7 Å². The zero-order chi connectivity index (χ0) is 15.5. The van der Waals surface area contributed by atoms with Crippen LogP contribution in [0.4, 0.5) is 10.1 Å². The first-order valence-corrected chi connectivity index (χ1v) is 7.85. The van der Waals surface area contributed by atoms with Crippen molar-refractivity contribution in [1.82, 2.24) is 0 Å². The summed E-state index contributed by atoms with van der Waals surface area (Å²) in [5.74, 6) is -0.576. The molecule has 0 saturated heterocycles. The second-order valence-electron chi connectivity index (χ2n) is 4.55. The summed E-state index contributed by atoms with van der Waals surface area (Å²) in [7, 11) is -3.92. The second kappa shape index (κ2) is 6.24. The summed E-state index contributed by atoms with van der Waals surface area (Å²) in [6, 6.07) is 12.2. The van der Waals surface area contributed by atoms with Crippen molar-refractivity contribution in [1.29, 1.82) is 0 Å². The summed E-state index contributed by atoms with van der Waals surface area (Å²) in [6.45, 7) is 1.14. The Morgan fingerprint density at radius 2 is 1.81 bits per heavy atom. The number of aryl methyl sites for hydroxylation is 1. The number of aliphatic hydroxyl groups is 1. The molecule has 0 aliphatic carbocycles. The molecule has 0 amide bonds. The van der Waals surface area contributed by atoms with Crippen LogP contribution in [0, 0.1) is 12.7 Å². The molecule has 0 atom stereocenters. The van der Waals surface area contributed by atoms with Gasteiger partial charge in [0.2, 0.25) is 0 Å². The largest absolute Gasteiger partial charge is 0.394 e. The van der Waals surface area contributed by atoms with Gasteiger partial charge >= 0.3 is 0 Å². The van der Waals surface area contributed by atoms with E-state index in [1.807, 2.05) is 0 Å². The number of hydrogen-bond donors (Lipinski definition) is 1. The highest BCUT2D eigenvalue weighted by molar-refractivity contribution is 7.92. The third-order valence-corrected chi connectivity index (χ3v) is 4.90. The Hall–Kier alpha value is -1.92. The van der Waals surface area contributed by atoms with Crippen molar-refractivity contribution in [2.24, 2.45) is 0 Å². The van der Waals surface area contributed by atoms with Gasteiger partial charge < -0.3 is 5.11 Å². The highest BCUT2D eigenvalue weighted by Crippen LogP contribution is 2.24. The first-order valence-electron chi connectivity index (χ1n) is 6.41. The number of halogens is 1. The van der Waals surface area contributed by atoms with E-state index in [9.17, 15) is 12.8 Å². The van der Waals surface area contributed by atoms with Gasteiger partial charge in [0.05, 0.1) is 23.7 Å². The molecule has 2 aromatic rings. The van der Waals surface area contributed by atoms with Crippen LogP contribution in [0.15, 0.2) is 53.4 Å². The van der Waals surface area contributed by atoms with Gasteiger partial charge in [0.25, 0.3) is 10.0 Å². The first-order chi connectivity index (χ1) is 9.96. The van der Waals surface area contributed by atoms with Crippen LogP contribution < -0.4 is 4.31 Å². The highest BCUT2D eigenvalue weighted by atomic mass is 32.2. The molecule has 0 aromatic heterocycles. The molecule has 2 aromatic carbocycles. The van der Waals surface area contributed by atoms with Crippen LogP contribution in [-0.4, -0.2) is 26.7 Å². The maximum Gasteiger partial charge on any atom is 0.264 e. The number of sulfonamides is 1. The van der Waals surface area contributed by atoms with Crippen molar-refractivity contribution in [2.45, 2.75) is 11.8 Å². The minimum absolute atomic E-state index is 0.0954. The second-order valence-corrected chi connectivity index (χ2v) is 6.41. The maximum atomic E-state index is 13.6.